The van der Waals surface area contributed by atoms with Gasteiger partial charge in [-0.15, -0.1) is 0 Å². The molecule has 0 aliphatic heterocycles. The number of hydrogen-bond acceptors (Lipinski definition) is 2. The molecule has 1 aromatic carbocycles. The van der Waals surface area contributed by atoms with E-state index in [1.54, 1.807) is 6.20 Å². The maximum Gasteiger partial charge on any atom is 0.110 e. The van der Waals surface area contributed by atoms with Gasteiger partial charge in [-0.2, -0.15) is 0 Å². The molecule has 0 aliphatic rings. The third kappa shape index (κ3) is 1.66. The summed E-state index contributed by atoms with van der Waals surface area (Å²) in [6.45, 7) is 4.63. The van der Waals surface area contributed by atoms with Crippen LogP contribution in [0.1, 0.15) is 17.0 Å². The predicted molar refractivity (Wildman–Crippen MR) is 60.9 cm³/mol. The van der Waals surface area contributed by atoms with E-state index in [4.69, 9.17) is 5.73 Å². The number of hydrogen-bond donors (Lipinski definition) is 1. The number of nitrogens with two attached hydrogens (primary N) is 1. The second kappa shape index (κ2) is 3.87. The molecule has 0 fully saturated rings. The van der Waals surface area contributed by atoms with Crippen LogP contribution in [-0.2, 0) is 6.54 Å². The fourth-order valence-corrected chi connectivity index (χ4v) is 1.81. The van der Waals surface area contributed by atoms with Crippen molar-refractivity contribution in [1.82, 2.24) is 9.55 Å². The fraction of sp³-hybridized carbons (Fsp3) is 0.250. The SMILES string of the molecule is Cc1cccc(-n2ccnc2C)c1CN. The molecule has 15 heavy (non-hydrogen) atoms. The van der Waals surface area contributed by atoms with Gasteiger partial charge < -0.3 is 10.3 Å². The van der Waals surface area contributed by atoms with Crippen LogP contribution in [0.25, 0.3) is 5.69 Å². The van der Waals surface area contributed by atoms with Crippen LogP contribution in [0.2, 0.25) is 0 Å². The zero-order chi connectivity index (χ0) is 10.8. The van der Waals surface area contributed by atoms with Gasteiger partial charge in [0.2, 0.25) is 0 Å². The summed E-state index contributed by atoms with van der Waals surface area (Å²) in [6, 6.07) is 6.20. The summed E-state index contributed by atoms with van der Waals surface area (Å²) in [4.78, 5) is 4.22. The lowest BCUT2D eigenvalue weighted by molar-refractivity contribution is 0.929. The monoisotopic (exact) mass is 201 g/mol. The highest BCUT2D eigenvalue weighted by atomic mass is 15.1. The molecule has 3 heteroatoms. The highest BCUT2D eigenvalue weighted by molar-refractivity contribution is 5.46. The normalized spacial score (nSPS) is 10.6. The summed E-state index contributed by atoms with van der Waals surface area (Å²) in [5, 5.41) is 0. The lowest BCUT2D eigenvalue weighted by Crippen LogP contribution is -2.07. The molecule has 0 radical (unpaired) electrons. The Morgan fingerprint density at radius 2 is 2.13 bits per heavy atom. The van der Waals surface area contributed by atoms with Gasteiger partial charge in [0.05, 0.1) is 5.69 Å². The van der Waals surface area contributed by atoms with E-state index in [0.29, 0.717) is 6.54 Å². The molecule has 0 amide bonds. The van der Waals surface area contributed by atoms with Crippen molar-refractivity contribution in [2.75, 3.05) is 0 Å². The van der Waals surface area contributed by atoms with Crippen LogP contribution in [0.3, 0.4) is 0 Å². The number of aryl methyl sites for hydroxylation is 2. The molecule has 2 aromatic rings. The fourth-order valence-electron chi connectivity index (χ4n) is 1.81. The summed E-state index contributed by atoms with van der Waals surface area (Å²) in [7, 11) is 0. The van der Waals surface area contributed by atoms with Gasteiger partial charge in [0.25, 0.3) is 0 Å². The summed E-state index contributed by atoms with van der Waals surface area (Å²) in [6.07, 6.45) is 3.77. The van der Waals surface area contributed by atoms with E-state index in [1.165, 1.54) is 11.1 Å². The number of imidazole rings is 1. The van der Waals surface area contributed by atoms with E-state index >= 15 is 0 Å². The van der Waals surface area contributed by atoms with Crippen LogP contribution in [0.15, 0.2) is 30.6 Å². The molecule has 3 nitrogen and oxygen atoms in total. The molecule has 1 heterocycles. The van der Waals surface area contributed by atoms with Gasteiger partial charge in [-0.25, -0.2) is 4.98 Å². The Balaban J connectivity index is 2.63. The van der Waals surface area contributed by atoms with Crippen molar-refractivity contribution in [3.63, 3.8) is 0 Å². The maximum absolute atomic E-state index is 5.77. The highest BCUT2D eigenvalue weighted by Crippen LogP contribution is 2.19. The van der Waals surface area contributed by atoms with E-state index in [1.807, 2.05) is 19.2 Å². The third-order valence-corrected chi connectivity index (χ3v) is 2.67. The Kier molecular flexibility index (Phi) is 2.56. The first-order chi connectivity index (χ1) is 7.24. The smallest absolute Gasteiger partial charge is 0.110 e. The molecule has 0 spiro atoms. The van der Waals surface area contributed by atoms with Crippen LogP contribution in [0.5, 0.6) is 0 Å². The number of benzene rings is 1. The average Bonchev–Trinajstić information content (AvgIpc) is 2.64. The second-order valence-electron chi connectivity index (χ2n) is 3.62. The zero-order valence-corrected chi connectivity index (χ0v) is 9.07. The van der Waals surface area contributed by atoms with Crippen LogP contribution >= 0.6 is 0 Å². The molecule has 2 rings (SSSR count). The molecule has 0 saturated heterocycles. The van der Waals surface area contributed by atoms with Gasteiger partial charge in [0.1, 0.15) is 5.82 Å². The quantitative estimate of drug-likeness (QED) is 0.807. The lowest BCUT2D eigenvalue weighted by atomic mass is 10.1. The van der Waals surface area contributed by atoms with E-state index in [9.17, 15) is 0 Å². The molecular weight excluding hydrogens is 186 g/mol. The minimum atomic E-state index is 0.555. The van der Waals surface area contributed by atoms with Gasteiger partial charge in [-0.05, 0) is 31.0 Å². The van der Waals surface area contributed by atoms with E-state index in [0.717, 1.165) is 11.5 Å². The van der Waals surface area contributed by atoms with Crippen molar-refractivity contribution in [3.05, 3.63) is 47.5 Å². The molecule has 1 aromatic heterocycles. The summed E-state index contributed by atoms with van der Waals surface area (Å²) in [5.74, 6) is 0.982. The summed E-state index contributed by atoms with van der Waals surface area (Å²) in [5.41, 5.74) is 9.31. The number of nitrogens with zero attached hydrogens (tertiary/aromatic N) is 2. The van der Waals surface area contributed by atoms with Crippen LogP contribution < -0.4 is 5.73 Å². The van der Waals surface area contributed by atoms with Crippen molar-refractivity contribution in [1.29, 1.82) is 0 Å². The van der Waals surface area contributed by atoms with Gasteiger partial charge in [-0.3, -0.25) is 0 Å². The lowest BCUT2D eigenvalue weighted by Gasteiger charge is -2.12. The molecule has 78 valence electrons. The molecule has 0 aliphatic carbocycles. The Hall–Kier alpha value is -1.61. The topological polar surface area (TPSA) is 43.8 Å². The van der Waals surface area contributed by atoms with E-state index in [-0.39, 0.29) is 0 Å². The third-order valence-electron chi connectivity index (χ3n) is 2.67. The Morgan fingerprint density at radius 3 is 2.73 bits per heavy atom. The molecule has 2 N–H and O–H groups in total. The van der Waals surface area contributed by atoms with Crippen molar-refractivity contribution >= 4 is 0 Å². The zero-order valence-electron chi connectivity index (χ0n) is 9.07. The number of aromatic nitrogens is 2. The second-order valence-corrected chi connectivity index (χ2v) is 3.62. The van der Waals surface area contributed by atoms with E-state index < -0.39 is 0 Å². The Labute approximate surface area is 89.6 Å². The van der Waals surface area contributed by atoms with Crippen LogP contribution in [0, 0.1) is 13.8 Å². The Bertz CT molecular complexity index is 471. The van der Waals surface area contributed by atoms with Gasteiger partial charge in [-0.1, -0.05) is 12.1 Å². The first-order valence-corrected chi connectivity index (χ1v) is 5.03. The maximum atomic E-state index is 5.77. The highest BCUT2D eigenvalue weighted by Gasteiger charge is 2.07. The summed E-state index contributed by atoms with van der Waals surface area (Å²) >= 11 is 0. The van der Waals surface area contributed by atoms with Crippen LogP contribution in [-0.4, -0.2) is 9.55 Å². The molecule has 0 atom stereocenters. The molecule has 0 unspecified atom stereocenters. The first kappa shape index (κ1) is 9.93. The minimum Gasteiger partial charge on any atom is -0.326 e. The van der Waals surface area contributed by atoms with Crippen molar-refractivity contribution in [2.45, 2.75) is 20.4 Å². The van der Waals surface area contributed by atoms with Gasteiger partial charge >= 0.3 is 0 Å². The van der Waals surface area contributed by atoms with Crippen molar-refractivity contribution in [3.8, 4) is 5.69 Å². The van der Waals surface area contributed by atoms with Gasteiger partial charge in [0, 0.05) is 18.9 Å². The molecule has 0 saturated carbocycles. The standard InChI is InChI=1S/C12H15N3/c1-9-4-3-5-12(11(9)8-13)15-7-6-14-10(15)2/h3-7H,8,13H2,1-2H3. The first-order valence-electron chi connectivity index (χ1n) is 5.03. The summed E-state index contributed by atoms with van der Waals surface area (Å²) < 4.78 is 2.06. The van der Waals surface area contributed by atoms with E-state index in [2.05, 4.69) is 28.6 Å². The number of rotatable bonds is 2. The van der Waals surface area contributed by atoms with Crippen molar-refractivity contribution < 1.29 is 0 Å². The predicted octanol–water partition coefficient (Wildman–Crippen LogP) is 1.95. The van der Waals surface area contributed by atoms with Crippen molar-refractivity contribution in [2.24, 2.45) is 5.73 Å². The molecular formula is C12H15N3. The largest absolute Gasteiger partial charge is 0.326 e. The van der Waals surface area contributed by atoms with Gasteiger partial charge in [0.15, 0.2) is 0 Å². The minimum absolute atomic E-state index is 0.555. The molecule has 0 bridgehead atoms. The van der Waals surface area contributed by atoms with Crippen LogP contribution in [0.4, 0.5) is 0 Å². The average molecular weight is 201 g/mol. The Morgan fingerprint density at radius 1 is 1.33 bits per heavy atom.